The molecule has 0 spiro atoms. The lowest BCUT2D eigenvalue weighted by molar-refractivity contribution is 0.242. The number of ether oxygens (including phenoxy) is 2. The summed E-state index contributed by atoms with van der Waals surface area (Å²) in [6.45, 7) is 7.83. The molecule has 0 atom stereocenters. The number of hydrogen-bond donors (Lipinski definition) is 2. The zero-order valence-corrected chi connectivity index (χ0v) is 14.5. The first-order valence-corrected chi connectivity index (χ1v) is 8.04. The summed E-state index contributed by atoms with van der Waals surface area (Å²) in [7, 11) is 0. The van der Waals surface area contributed by atoms with Gasteiger partial charge in [0, 0.05) is 23.5 Å². The SMILES string of the molecule is CC(C)Oc1cccc(NC(=O)Nc2cccc(OC(C)C)c2)c1. The number of hydrogen-bond acceptors (Lipinski definition) is 3. The van der Waals surface area contributed by atoms with E-state index in [-0.39, 0.29) is 18.2 Å². The molecule has 2 aromatic carbocycles. The van der Waals surface area contributed by atoms with E-state index in [1.54, 1.807) is 12.1 Å². The van der Waals surface area contributed by atoms with Gasteiger partial charge in [0.2, 0.25) is 0 Å². The minimum absolute atomic E-state index is 0.0813. The number of urea groups is 1. The maximum absolute atomic E-state index is 12.1. The molecule has 0 heterocycles. The molecule has 0 fully saturated rings. The maximum atomic E-state index is 12.1. The lowest BCUT2D eigenvalue weighted by Gasteiger charge is -2.13. The smallest absolute Gasteiger partial charge is 0.323 e. The van der Waals surface area contributed by atoms with Crippen molar-refractivity contribution in [2.45, 2.75) is 39.9 Å². The zero-order valence-electron chi connectivity index (χ0n) is 14.5. The van der Waals surface area contributed by atoms with Gasteiger partial charge in [0.15, 0.2) is 0 Å². The fraction of sp³-hybridized carbons (Fsp3) is 0.316. The molecule has 2 aromatic rings. The van der Waals surface area contributed by atoms with Crippen LogP contribution in [0.2, 0.25) is 0 Å². The topological polar surface area (TPSA) is 59.6 Å². The molecular weight excluding hydrogens is 304 g/mol. The van der Waals surface area contributed by atoms with E-state index in [2.05, 4.69) is 10.6 Å². The first-order chi connectivity index (χ1) is 11.4. The van der Waals surface area contributed by atoms with Crippen LogP contribution in [0.3, 0.4) is 0 Å². The van der Waals surface area contributed by atoms with Crippen molar-refractivity contribution in [2.24, 2.45) is 0 Å². The summed E-state index contributed by atoms with van der Waals surface area (Å²) in [5.74, 6) is 1.44. The van der Waals surface area contributed by atoms with E-state index >= 15 is 0 Å². The Labute approximate surface area is 143 Å². The number of anilines is 2. The Morgan fingerprint density at radius 3 is 1.58 bits per heavy atom. The Kier molecular flexibility index (Phi) is 6.07. The molecule has 0 aromatic heterocycles. The van der Waals surface area contributed by atoms with Crippen molar-refractivity contribution in [3.8, 4) is 11.5 Å². The molecule has 0 unspecified atom stereocenters. The minimum atomic E-state index is -0.321. The van der Waals surface area contributed by atoms with E-state index in [4.69, 9.17) is 9.47 Å². The largest absolute Gasteiger partial charge is 0.491 e. The highest BCUT2D eigenvalue weighted by Gasteiger charge is 2.06. The molecule has 24 heavy (non-hydrogen) atoms. The van der Waals surface area contributed by atoms with Gasteiger partial charge >= 0.3 is 6.03 Å². The molecule has 0 saturated heterocycles. The average Bonchev–Trinajstić information content (AvgIpc) is 2.46. The van der Waals surface area contributed by atoms with E-state index in [0.29, 0.717) is 11.4 Å². The predicted molar refractivity (Wildman–Crippen MR) is 97.1 cm³/mol. The molecule has 2 amide bonds. The van der Waals surface area contributed by atoms with E-state index in [1.165, 1.54) is 0 Å². The number of amides is 2. The number of carbonyl (C=O) groups excluding carboxylic acids is 1. The van der Waals surface area contributed by atoms with Crippen LogP contribution in [-0.2, 0) is 0 Å². The Morgan fingerprint density at radius 2 is 1.21 bits per heavy atom. The van der Waals surface area contributed by atoms with Crippen LogP contribution in [-0.4, -0.2) is 18.2 Å². The monoisotopic (exact) mass is 328 g/mol. The van der Waals surface area contributed by atoms with Crippen molar-refractivity contribution in [3.63, 3.8) is 0 Å². The van der Waals surface area contributed by atoms with Gasteiger partial charge in [-0.2, -0.15) is 0 Å². The van der Waals surface area contributed by atoms with Crippen LogP contribution in [0.4, 0.5) is 16.2 Å². The highest BCUT2D eigenvalue weighted by atomic mass is 16.5. The summed E-state index contributed by atoms with van der Waals surface area (Å²) >= 11 is 0. The molecule has 2 rings (SSSR count). The zero-order chi connectivity index (χ0) is 17.5. The molecule has 0 aliphatic heterocycles. The second kappa shape index (κ2) is 8.24. The van der Waals surface area contributed by atoms with Crippen LogP contribution in [0, 0.1) is 0 Å². The molecule has 128 valence electrons. The molecule has 5 nitrogen and oxygen atoms in total. The minimum Gasteiger partial charge on any atom is -0.491 e. The van der Waals surface area contributed by atoms with Crippen molar-refractivity contribution < 1.29 is 14.3 Å². The van der Waals surface area contributed by atoms with Crippen LogP contribution in [0.25, 0.3) is 0 Å². The molecule has 0 bridgehead atoms. The van der Waals surface area contributed by atoms with Crippen LogP contribution in [0.15, 0.2) is 48.5 Å². The Bertz CT molecular complexity index is 626. The molecule has 0 aliphatic rings. The van der Waals surface area contributed by atoms with Crippen molar-refractivity contribution >= 4 is 17.4 Å². The maximum Gasteiger partial charge on any atom is 0.323 e. The average molecular weight is 328 g/mol. The van der Waals surface area contributed by atoms with Crippen molar-refractivity contribution in [1.82, 2.24) is 0 Å². The van der Waals surface area contributed by atoms with Gasteiger partial charge < -0.3 is 20.1 Å². The van der Waals surface area contributed by atoms with Crippen LogP contribution < -0.4 is 20.1 Å². The van der Waals surface area contributed by atoms with Crippen molar-refractivity contribution in [1.29, 1.82) is 0 Å². The van der Waals surface area contributed by atoms with E-state index in [0.717, 1.165) is 11.5 Å². The fourth-order valence-electron chi connectivity index (χ4n) is 2.13. The summed E-state index contributed by atoms with van der Waals surface area (Å²) in [6, 6.07) is 14.3. The predicted octanol–water partition coefficient (Wildman–Crippen LogP) is 4.91. The third-order valence-corrected chi connectivity index (χ3v) is 2.93. The molecular formula is C19H24N2O3. The van der Waals surface area contributed by atoms with E-state index in [1.807, 2.05) is 64.1 Å². The summed E-state index contributed by atoms with van der Waals surface area (Å²) in [5, 5.41) is 5.59. The quantitative estimate of drug-likeness (QED) is 0.792. The van der Waals surface area contributed by atoms with Crippen LogP contribution in [0.1, 0.15) is 27.7 Å². The Balaban J connectivity index is 1.98. The van der Waals surface area contributed by atoms with E-state index < -0.39 is 0 Å². The molecule has 0 saturated carbocycles. The van der Waals surface area contributed by atoms with Crippen LogP contribution in [0.5, 0.6) is 11.5 Å². The summed E-state index contributed by atoms with van der Waals surface area (Å²) in [4.78, 5) is 12.1. The number of carbonyl (C=O) groups is 1. The van der Waals surface area contributed by atoms with Crippen molar-refractivity contribution in [2.75, 3.05) is 10.6 Å². The number of benzene rings is 2. The van der Waals surface area contributed by atoms with Gasteiger partial charge in [-0.15, -0.1) is 0 Å². The number of rotatable bonds is 6. The lowest BCUT2D eigenvalue weighted by Crippen LogP contribution is -2.19. The third-order valence-electron chi connectivity index (χ3n) is 2.93. The second-order valence-corrected chi connectivity index (χ2v) is 5.97. The van der Waals surface area contributed by atoms with Gasteiger partial charge in [-0.3, -0.25) is 0 Å². The van der Waals surface area contributed by atoms with Gasteiger partial charge in [0.25, 0.3) is 0 Å². The lowest BCUT2D eigenvalue weighted by atomic mass is 10.3. The molecule has 5 heteroatoms. The Morgan fingerprint density at radius 1 is 0.792 bits per heavy atom. The first-order valence-electron chi connectivity index (χ1n) is 8.04. The normalized spacial score (nSPS) is 10.6. The van der Waals surface area contributed by atoms with Crippen molar-refractivity contribution in [3.05, 3.63) is 48.5 Å². The van der Waals surface area contributed by atoms with Gasteiger partial charge in [-0.05, 0) is 52.0 Å². The standard InChI is InChI=1S/C19H24N2O3/c1-13(2)23-17-9-5-7-15(11-17)20-19(22)21-16-8-6-10-18(12-16)24-14(3)4/h5-14H,1-4H3,(H2,20,21,22). The highest BCUT2D eigenvalue weighted by Crippen LogP contribution is 2.20. The molecule has 0 aliphatic carbocycles. The van der Waals surface area contributed by atoms with Gasteiger partial charge in [0.1, 0.15) is 11.5 Å². The van der Waals surface area contributed by atoms with Gasteiger partial charge in [-0.25, -0.2) is 4.79 Å². The van der Waals surface area contributed by atoms with E-state index in [9.17, 15) is 4.79 Å². The second-order valence-electron chi connectivity index (χ2n) is 5.97. The van der Waals surface area contributed by atoms with Gasteiger partial charge in [-0.1, -0.05) is 12.1 Å². The number of nitrogens with one attached hydrogen (secondary N) is 2. The molecule has 2 N–H and O–H groups in total. The highest BCUT2D eigenvalue weighted by molar-refractivity contribution is 5.99. The van der Waals surface area contributed by atoms with Gasteiger partial charge in [0.05, 0.1) is 12.2 Å². The third kappa shape index (κ3) is 5.83. The summed E-state index contributed by atoms with van der Waals surface area (Å²) < 4.78 is 11.2. The molecule has 0 radical (unpaired) electrons. The Hall–Kier alpha value is -2.69. The first kappa shape index (κ1) is 17.7. The summed E-state index contributed by atoms with van der Waals surface area (Å²) in [6.07, 6.45) is 0.163. The fourth-order valence-corrected chi connectivity index (χ4v) is 2.13. The summed E-state index contributed by atoms with van der Waals surface area (Å²) in [5.41, 5.74) is 1.33. The van der Waals surface area contributed by atoms with Crippen LogP contribution >= 0.6 is 0 Å².